The van der Waals surface area contributed by atoms with Crippen molar-refractivity contribution in [3.05, 3.63) is 72.1 Å². The number of allylic oxidation sites excluding steroid dienone is 4. The third-order valence-corrected chi connectivity index (χ3v) is 4.36. The molecule has 0 amide bonds. The van der Waals surface area contributed by atoms with Gasteiger partial charge in [0.15, 0.2) is 0 Å². The molecule has 21 heavy (non-hydrogen) atoms. The average molecular weight is 298 g/mol. The van der Waals surface area contributed by atoms with Crippen LogP contribution in [0.4, 0.5) is 0 Å². The van der Waals surface area contributed by atoms with Crippen molar-refractivity contribution in [2.75, 3.05) is 0 Å². The van der Waals surface area contributed by atoms with Crippen LogP contribution in [0.5, 0.6) is 0 Å². The number of nitrogens with zero attached hydrogens (tertiary/aromatic N) is 1. The van der Waals surface area contributed by atoms with E-state index in [1.54, 1.807) is 24.5 Å². The number of benzene rings is 1. The van der Waals surface area contributed by atoms with Gasteiger partial charge in [0.05, 0.1) is 4.90 Å². The lowest BCUT2D eigenvalue weighted by atomic mass is 9.96. The summed E-state index contributed by atoms with van der Waals surface area (Å²) in [6.45, 7) is 0. The summed E-state index contributed by atoms with van der Waals surface area (Å²) in [6, 6.07) is 10.6. The van der Waals surface area contributed by atoms with Gasteiger partial charge < -0.3 is 0 Å². The first-order chi connectivity index (χ1) is 10.1. The second kappa shape index (κ2) is 5.27. The van der Waals surface area contributed by atoms with Crippen molar-refractivity contribution < 1.29 is 8.42 Å². The Balaban J connectivity index is 2.13. The molecule has 0 radical (unpaired) electrons. The van der Waals surface area contributed by atoms with Crippen molar-refractivity contribution in [1.29, 1.82) is 0 Å². The topological polar surface area (TPSA) is 73.1 Å². The third-order valence-electron chi connectivity index (χ3n) is 3.39. The Labute approximate surface area is 123 Å². The highest BCUT2D eigenvalue weighted by molar-refractivity contribution is 7.89. The third kappa shape index (κ3) is 2.66. The Bertz CT molecular complexity index is 838. The minimum Gasteiger partial charge on any atom is -0.264 e. The number of sulfonamides is 1. The van der Waals surface area contributed by atoms with Gasteiger partial charge in [-0.3, -0.25) is 4.98 Å². The lowest BCUT2D eigenvalue weighted by Gasteiger charge is -2.12. The molecule has 0 aliphatic heterocycles. The van der Waals surface area contributed by atoms with Crippen molar-refractivity contribution in [1.82, 2.24) is 4.98 Å². The maximum atomic E-state index is 11.8. The molecular formula is C16H14N2O2S. The van der Waals surface area contributed by atoms with Gasteiger partial charge in [-0.15, -0.1) is 0 Å². The normalized spacial score (nSPS) is 14.7. The first kappa shape index (κ1) is 13.7. The summed E-state index contributed by atoms with van der Waals surface area (Å²) in [5.41, 5.74) is 3.46. The summed E-state index contributed by atoms with van der Waals surface area (Å²) in [5, 5.41) is 5.32. The Kier molecular flexibility index (Phi) is 3.45. The number of nitrogens with two attached hydrogens (primary N) is 1. The van der Waals surface area contributed by atoms with Crippen LogP contribution >= 0.6 is 0 Å². The number of pyridine rings is 1. The van der Waals surface area contributed by atoms with Gasteiger partial charge in [0, 0.05) is 23.5 Å². The smallest absolute Gasteiger partial charge is 0.238 e. The molecule has 0 spiro atoms. The second-order valence-electron chi connectivity index (χ2n) is 4.75. The number of rotatable bonds is 3. The number of hydrogen-bond acceptors (Lipinski definition) is 3. The zero-order valence-electron chi connectivity index (χ0n) is 11.2. The lowest BCUT2D eigenvalue weighted by Crippen LogP contribution is -2.14. The summed E-state index contributed by atoms with van der Waals surface area (Å²) in [5.74, 6) is 0. The van der Waals surface area contributed by atoms with Crippen molar-refractivity contribution in [3.8, 4) is 0 Å². The molecule has 2 N–H and O–H groups in total. The Morgan fingerprint density at radius 1 is 1.00 bits per heavy atom. The fourth-order valence-corrected chi connectivity index (χ4v) is 3.26. The molecule has 1 heterocycles. The van der Waals surface area contributed by atoms with Crippen molar-refractivity contribution >= 4 is 21.2 Å². The Morgan fingerprint density at radius 2 is 1.76 bits per heavy atom. The quantitative estimate of drug-likeness (QED) is 0.946. The number of primary sulfonamides is 1. The van der Waals surface area contributed by atoms with E-state index in [2.05, 4.69) is 11.1 Å². The Hall–Kier alpha value is -2.24. The molecule has 0 saturated heterocycles. The summed E-state index contributed by atoms with van der Waals surface area (Å²) in [7, 11) is -3.76. The van der Waals surface area contributed by atoms with Crippen LogP contribution in [0.15, 0.2) is 65.8 Å². The predicted octanol–water partition coefficient (Wildman–Crippen LogP) is 2.60. The van der Waals surface area contributed by atoms with Gasteiger partial charge >= 0.3 is 0 Å². The van der Waals surface area contributed by atoms with Crippen LogP contribution in [0, 0.1) is 0 Å². The van der Waals surface area contributed by atoms with Crippen LogP contribution in [-0.2, 0) is 10.0 Å². The van der Waals surface area contributed by atoms with E-state index in [1.165, 1.54) is 6.07 Å². The van der Waals surface area contributed by atoms with Crippen LogP contribution in [0.1, 0.15) is 17.5 Å². The highest BCUT2D eigenvalue weighted by Gasteiger charge is 2.21. The monoisotopic (exact) mass is 298 g/mol. The van der Waals surface area contributed by atoms with E-state index >= 15 is 0 Å². The summed E-state index contributed by atoms with van der Waals surface area (Å²) >= 11 is 0. The van der Waals surface area contributed by atoms with Crippen molar-refractivity contribution in [2.24, 2.45) is 5.14 Å². The lowest BCUT2D eigenvalue weighted by molar-refractivity contribution is 0.597. The molecule has 1 aliphatic carbocycles. The fraction of sp³-hybridized carbons (Fsp3) is 0.0625. The van der Waals surface area contributed by atoms with Crippen molar-refractivity contribution in [3.63, 3.8) is 0 Å². The zero-order chi connectivity index (χ0) is 14.9. The highest BCUT2D eigenvalue weighted by Crippen LogP contribution is 2.38. The van der Waals surface area contributed by atoms with Crippen molar-refractivity contribution in [2.45, 2.75) is 11.3 Å². The second-order valence-corrected chi connectivity index (χ2v) is 6.28. The van der Waals surface area contributed by atoms with Crippen LogP contribution in [-0.4, -0.2) is 13.4 Å². The number of aromatic nitrogens is 1. The maximum absolute atomic E-state index is 11.8. The maximum Gasteiger partial charge on any atom is 0.238 e. The van der Waals surface area contributed by atoms with E-state index in [9.17, 15) is 8.42 Å². The standard InChI is InChI=1S/C16H14N2O2S/c17-21(19,20)16-9-2-1-6-15(16)14-8-3-7-13(14)12-5-4-10-18-11-12/h1-2,4-11H,3H2,(H2,17,19,20). The molecule has 4 nitrogen and oxygen atoms in total. The van der Waals surface area contributed by atoms with Gasteiger partial charge in [0.25, 0.3) is 0 Å². The minimum atomic E-state index is -3.76. The van der Waals surface area contributed by atoms with E-state index in [0.29, 0.717) is 5.56 Å². The van der Waals surface area contributed by atoms with Gasteiger partial charge in [-0.25, -0.2) is 13.6 Å². The first-order valence-electron chi connectivity index (χ1n) is 6.50. The van der Waals surface area contributed by atoms with E-state index < -0.39 is 10.0 Å². The fourth-order valence-electron chi connectivity index (χ4n) is 2.50. The first-order valence-corrected chi connectivity index (χ1v) is 8.05. The molecule has 0 unspecified atom stereocenters. The van der Waals surface area contributed by atoms with Crippen LogP contribution < -0.4 is 5.14 Å². The molecular weight excluding hydrogens is 284 g/mol. The summed E-state index contributed by atoms with van der Waals surface area (Å²) < 4.78 is 23.5. The number of hydrogen-bond donors (Lipinski definition) is 1. The largest absolute Gasteiger partial charge is 0.264 e. The molecule has 0 bridgehead atoms. The van der Waals surface area contributed by atoms with Gasteiger partial charge in [-0.1, -0.05) is 36.4 Å². The molecule has 106 valence electrons. The van der Waals surface area contributed by atoms with Crippen LogP contribution in [0.2, 0.25) is 0 Å². The van der Waals surface area contributed by atoms with Gasteiger partial charge in [-0.05, 0) is 29.7 Å². The molecule has 3 rings (SSSR count). The minimum absolute atomic E-state index is 0.146. The Morgan fingerprint density at radius 3 is 2.48 bits per heavy atom. The highest BCUT2D eigenvalue weighted by atomic mass is 32.2. The zero-order valence-corrected chi connectivity index (χ0v) is 12.0. The average Bonchev–Trinajstić information content (AvgIpc) is 2.96. The van der Waals surface area contributed by atoms with Crippen LogP contribution in [0.3, 0.4) is 0 Å². The van der Waals surface area contributed by atoms with E-state index in [4.69, 9.17) is 5.14 Å². The van der Waals surface area contributed by atoms with Crippen LogP contribution in [0.25, 0.3) is 11.1 Å². The van der Waals surface area contributed by atoms with E-state index in [-0.39, 0.29) is 4.90 Å². The molecule has 1 aliphatic rings. The van der Waals surface area contributed by atoms with Gasteiger partial charge in [0.2, 0.25) is 10.0 Å². The van der Waals surface area contributed by atoms with E-state index in [0.717, 1.165) is 23.1 Å². The molecule has 5 heteroatoms. The summed E-state index contributed by atoms with van der Waals surface area (Å²) in [6.07, 6.45) is 8.31. The van der Waals surface area contributed by atoms with E-state index in [1.807, 2.05) is 24.3 Å². The molecule has 0 saturated carbocycles. The molecule has 2 aromatic rings. The SMILES string of the molecule is NS(=O)(=O)c1ccccc1C1=CCC=C1c1cccnc1. The molecule has 0 fully saturated rings. The molecule has 0 atom stereocenters. The predicted molar refractivity (Wildman–Crippen MR) is 82.6 cm³/mol. The molecule has 1 aromatic heterocycles. The van der Waals surface area contributed by atoms with Gasteiger partial charge in [0.1, 0.15) is 0 Å². The van der Waals surface area contributed by atoms with Gasteiger partial charge in [-0.2, -0.15) is 0 Å². The summed E-state index contributed by atoms with van der Waals surface area (Å²) in [4.78, 5) is 4.26. The molecule has 1 aromatic carbocycles.